The van der Waals surface area contributed by atoms with E-state index < -0.39 is 15.5 Å². The molecule has 0 aromatic heterocycles. The average molecular weight is 289 g/mol. The zero-order chi connectivity index (χ0) is 13.4. The van der Waals surface area contributed by atoms with E-state index in [0.29, 0.717) is 0 Å². The van der Waals surface area contributed by atoms with Crippen molar-refractivity contribution in [3.05, 3.63) is 0 Å². The molecule has 17 heavy (non-hydrogen) atoms. The Morgan fingerprint density at radius 1 is 0.882 bits per heavy atom. The second kappa shape index (κ2) is 8.38. The Kier molecular flexibility index (Phi) is 8.51. The van der Waals surface area contributed by atoms with Gasteiger partial charge in [0.2, 0.25) is 0 Å². The van der Waals surface area contributed by atoms with Crippen LogP contribution in [0.4, 0.5) is 0 Å². The van der Waals surface area contributed by atoms with Gasteiger partial charge in [-0.05, 0) is 27.7 Å². The third kappa shape index (κ3) is 6.67. The molecule has 0 aromatic rings. The predicted octanol–water partition coefficient (Wildman–Crippen LogP) is 3.18. The van der Waals surface area contributed by atoms with Gasteiger partial charge in [0.1, 0.15) is 0 Å². The Balaban J connectivity index is 5.14. The number of hydrogen-bond acceptors (Lipinski definition) is 5. The van der Waals surface area contributed by atoms with Crippen molar-refractivity contribution in [3.8, 4) is 0 Å². The highest BCUT2D eigenvalue weighted by Crippen LogP contribution is 2.62. The largest absolute Gasteiger partial charge is 0.458 e. The molecular formula is C8H21NO6P2. The van der Waals surface area contributed by atoms with Crippen molar-refractivity contribution in [2.45, 2.75) is 27.7 Å². The van der Waals surface area contributed by atoms with Crippen molar-refractivity contribution in [2.24, 2.45) is 4.52 Å². The zero-order valence-corrected chi connectivity index (χ0v) is 12.4. The zero-order valence-electron chi connectivity index (χ0n) is 10.7. The van der Waals surface area contributed by atoms with Gasteiger partial charge in [0.05, 0.1) is 26.4 Å². The molecule has 0 atom stereocenters. The monoisotopic (exact) mass is 289 g/mol. The van der Waals surface area contributed by atoms with Crippen LogP contribution >= 0.6 is 15.5 Å². The van der Waals surface area contributed by atoms with E-state index >= 15 is 0 Å². The molecule has 0 unspecified atom stereocenters. The Morgan fingerprint density at radius 3 is 1.53 bits per heavy atom. The molecule has 0 aliphatic carbocycles. The first-order valence-electron chi connectivity index (χ1n) is 5.50. The lowest BCUT2D eigenvalue weighted by atomic mass is 10.9. The standard InChI is InChI=1S/C8H21NO6P2/c1-5-12-16(10,13-6-2)9-17(11,14-7-3)15-8-4/h10H,5-8H2,1-4H3. The fourth-order valence-corrected chi connectivity index (χ4v) is 4.39. The summed E-state index contributed by atoms with van der Waals surface area (Å²) < 4.78 is 35.6. The molecule has 0 fully saturated rings. The maximum atomic E-state index is 12.1. The molecule has 7 nitrogen and oxygen atoms in total. The van der Waals surface area contributed by atoms with Crippen molar-refractivity contribution in [1.82, 2.24) is 0 Å². The highest BCUT2D eigenvalue weighted by Gasteiger charge is 2.30. The van der Waals surface area contributed by atoms with Gasteiger partial charge in [0, 0.05) is 0 Å². The molecule has 0 heterocycles. The lowest BCUT2D eigenvalue weighted by Crippen LogP contribution is -1.98. The van der Waals surface area contributed by atoms with Gasteiger partial charge in [-0.1, -0.05) is 0 Å². The van der Waals surface area contributed by atoms with Crippen LogP contribution in [-0.2, 0) is 22.7 Å². The first-order chi connectivity index (χ1) is 7.95. The van der Waals surface area contributed by atoms with Crippen LogP contribution in [0, 0.1) is 0 Å². The molecule has 104 valence electrons. The third-order valence-corrected chi connectivity index (χ3v) is 5.54. The second-order valence-corrected chi connectivity index (χ2v) is 6.39. The molecule has 0 bridgehead atoms. The topological polar surface area (TPSA) is 86.6 Å². The summed E-state index contributed by atoms with van der Waals surface area (Å²) in [6.45, 7) is 7.33. The molecule has 0 radical (unpaired) electrons. The molecule has 0 amide bonds. The highest BCUT2D eigenvalue weighted by atomic mass is 31.2. The fourth-order valence-electron chi connectivity index (χ4n) is 0.979. The van der Waals surface area contributed by atoms with Crippen LogP contribution in [0.3, 0.4) is 0 Å². The summed E-state index contributed by atoms with van der Waals surface area (Å²) in [7, 11) is -7.26. The van der Waals surface area contributed by atoms with Crippen LogP contribution in [0.2, 0.25) is 0 Å². The van der Waals surface area contributed by atoms with Crippen LogP contribution < -0.4 is 0 Å². The second-order valence-electron chi connectivity index (χ2n) is 2.72. The van der Waals surface area contributed by atoms with Gasteiger partial charge in [0.15, 0.2) is 0 Å². The van der Waals surface area contributed by atoms with Gasteiger partial charge in [-0.3, -0.25) is 9.05 Å². The first-order valence-corrected chi connectivity index (χ1v) is 8.52. The molecule has 0 aliphatic heterocycles. The third-order valence-electron chi connectivity index (χ3n) is 1.40. The van der Waals surface area contributed by atoms with Crippen LogP contribution in [0.25, 0.3) is 0 Å². The van der Waals surface area contributed by atoms with Gasteiger partial charge < -0.3 is 13.9 Å². The molecular weight excluding hydrogens is 268 g/mol. The number of hydrogen-bond donors (Lipinski definition) is 1. The summed E-state index contributed by atoms with van der Waals surface area (Å²) in [5.41, 5.74) is 0. The molecule has 0 aromatic carbocycles. The summed E-state index contributed by atoms with van der Waals surface area (Å²) in [5, 5.41) is 0. The molecule has 0 rings (SSSR count). The lowest BCUT2D eigenvalue weighted by Gasteiger charge is -2.19. The highest BCUT2D eigenvalue weighted by molar-refractivity contribution is 7.63. The fraction of sp³-hybridized carbons (Fsp3) is 1.00. The van der Waals surface area contributed by atoms with Gasteiger partial charge in [-0.2, -0.15) is 0 Å². The Morgan fingerprint density at radius 2 is 1.24 bits per heavy atom. The Labute approximate surface area is 102 Å². The average Bonchev–Trinajstić information content (AvgIpc) is 2.17. The van der Waals surface area contributed by atoms with Crippen molar-refractivity contribution in [1.29, 1.82) is 0 Å². The summed E-state index contributed by atoms with van der Waals surface area (Å²) in [6.07, 6.45) is 0. The van der Waals surface area contributed by atoms with Crippen molar-refractivity contribution >= 4 is 15.5 Å². The Hall–Kier alpha value is 0.260. The Bertz CT molecular complexity index is 288. The summed E-state index contributed by atoms with van der Waals surface area (Å²) in [5.74, 6) is 0. The van der Waals surface area contributed by atoms with Gasteiger partial charge in [-0.15, -0.1) is 4.52 Å². The minimum Gasteiger partial charge on any atom is -0.318 e. The minimum absolute atomic E-state index is 0.152. The molecule has 0 saturated carbocycles. The van der Waals surface area contributed by atoms with Crippen LogP contribution in [0.1, 0.15) is 27.7 Å². The summed E-state index contributed by atoms with van der Waals surface area (Å²) in [4.78, 5) is 9.97. The van der Waals surface area contributed by atoms with Crippen molar-refractivity contribution in [3.63, 3.8) is 0 Å². The van der Waals surface area contributed by atoms with E-state index in [1.807, 2.05) is 0 Å². The van der Waals surface area contributed by atoms with Crippen LogP contribution in [0.15, 0.2) is 4.52 Å². The molecule has 0 saturated heterocycles. The first kappa shape index (κ1) is 17.3. The summed E-state index contributed by atoms with van der Waals surface area (Å²) >= 11 is 0. The molecule has 0 aliphatic rings. The van der Waals surface area contributed by atoms with Crippen LogP contribution in [0.5, 0.6) is 0 Å². The van der Waals surface area contributed by atoms with Crippen molar-refractivity contribution < 1.29 is 27.6 Å². The minimum atomic E-state index is -3.73. The lowest BCUT2D eigenvalue weighted by molar-refractivity contribution is 0.195. The van der Waals surface area contributed by atoms with E-state index in [2.05, 4.69) is 4.52 Å². The van der Waals surface area contributed by atoms with E-state index in [-0.39, 0.29) is 26.4 Å². The smallest absolute Gasteiger partial charge is 0.318 e. The van der Waals surface area contributed by atoms with Gasteiger partial charge >= 0.3 is 15.5 Å². The van der Waals surface area contributed by atoms with Gasteiger partial charge in [-0.25, -0.2) is 4.57 Å². The van der Waals surface area contributed by atoms with Gasteiger partial charge in [0.25, 0.3) is 0 Å². The SMILES string of the molecule is CCOP(=O)(N=P(O)(OCC)OCC)OCC. The van der Waals surface area contributed by atoms with Crippen molar-refractivity contribution in [2.75, 3.05) is 26.4 Å². The number of rotatable bonds is 9. The van der Waals surface area contributed by atoms with E-state index in [1.54, 1.807) is 27.7 Å². The quantitative estimate of drug-likeness (QED) is 0.656. The summed E-state index contributed by atoms with van der Waals surface area (Å²) in [6, 6.07) is 0. The van der Waals surface area contributed by atoms with E-state index in [4.69, 9.17) is 18.1 Å². The van der Waals surface area contributed by atoms with E-state index in [9.17, 15) is 9.46 Å². The normalized spacial score (nSPS) is 12.8. The van der Waals surface area contributed by atoms with E-state index in [0.717, 1.165) is 0 Å². The number of nitrogens with zero attached hydrogens (tertiary/aromatic N) is 1. The maximum absolute atomic E-state index is 12.1. The van der Waals surface area contributed by atoms with E-state index in [1.165, 1.54) is 0 Å². The predicted molar refractivity (Wildman–Crippen MR) is 65.7 cm³/mol. The molecule has 1 N–H and O–H groups in total. The molecule has 9 heteroatoms. The van der Waals surface area contributed by atoms with Crippen LogP contribution in [-0.4, -0.2) is 31.3 Å². The molecule has 0 spiro atoms. The maximum Gasteiger partial charge on any atom is 0.458 e.